The predicted molar refractivity (Wildman–Crippen MR) is 92.6 cm³/mol. The van der Waals surface area contributed by atoms with Crippen molar-refractivity contribution in [3.8, 4) is 23.1 Å². The van der Waals surface area contributed by atoms with Gasteiger partial charge in [0, 0.05) is 10.6 Å². The molecule has 25 heavy (non-hydrogen) atoms. The summed E-state index contributed by atoms with van der Waals surface area (Å²) in [5.41, 5.74) is 0.550. The molecular weight excluding hydrogens is 366 g/mol. The van der Waals surface area contributed by atoms with Crippen molar-refractivity contribution in [2.75, 3.05) is 14.2 Å². The molecule has 2 aromatic carbocycles. The number of nitrogens with zero attached hydrogens (tertiary/aromatic N) is 3. The second-order valence-corrected chi connectivity index (χ2v) is 7.16. The molecule has 1 aromatic heterocycles. The van der Waals surface area contributed by atoms with Gasteiger partial charge in [-0.1, -0.05) is 16.7 Å². The first-order valence-corrected chi connectivity index (χ1v) is 8.94. The summed E-state index contributed by atoms with van der Waals surface area (Å²) in [7, 11) is -1.05. The molecule has 0 bridgehead atoms. The lowest BCUT2D eigenvalue weighted by Gasteiger charge is -2.08. The molecule has 3 rings (SSSR count). The van der Waals surface area contributed by atoms with Crippen LogP contribution in [0.15, 0.2) is 53.4 Å². The van der Waals surface area contributed by atoms with Crippen molar-refractivity contribution < 1.29 is 17.9 Å². The van der Waals surface area contributed by atoms with Crippen LogP contribution in [-0.2, 0) is 10.0 Å². The molecule has 7 nitrogen and oxygen atoms in total. The molecule has 0 saturated heterocycles. The average Bonchev–Trinajstić information content (AvgIpc) is 3.07. The minimum Gasteiger partial charge on any atom is -0.497 e. The van der Waals surface area contributed by atoms with E-state index in [1.807, 2.05) is 0 Å². The van der Waals surface area contributed by atoms with Crippen LogP contribution < -0.4 is 9.47 Å². The van der Waals surface area contributed by atoms with E-state index in [1.54, 1.807) is 31.4 Å². The summed E-state index contributed by atoms with van der Waals surface area (Å²) in [6.07, 6.45) is 0. The SMILES string of the molecule is COc1ccc(-c2nc(OC)nn2S(=O)(=O)c2ccc(Cl)cc2)cc1. The van der Waals surface area contributed by atoms with Gasteiger partial charge in [0.1, 0.15) is 5.75 Å². The van der Waals surface area contributed by atoms with Crippen LogP contribution in [0.2, 0.25) is 5.02 Å². The first-order valence-electron chi connectivity index (χ1n) is 7.12. The Hall–Kier alpha value is -2.58. The molecule has 0 unspecified atom stereocenters. The van der Waals surface area contributed by atoms with E-state index >= 15 is 0 Å². The molecule has 0 saturated carbocycles. The van der Waals surface area contributed by atoms with Crippen LogP contribution in [0.5, 0.6) is 11.8 Å². The van der Waals surface area contributed by atoms with Crippen molar-refractivity contribution in [1.82, 2.24) is 14.2 Å². The third kappa shape index (κ3) is 3.31. The van der Waals surface area contributed by atoms with Crippen LogP contribution in [0.3, 0.4) is 0 Å². The lowest BCUT2D eigenvalue weighted by atomic mass is 10.2. The van der Waals surface area contributed by atoms with Gasteiger partial charge in [-0.15, -0.1) is 4.09 Å². The van der Waals surface area contributed by atoms with E-state index in [9.17, 15) is 8.42 Å². The van der Waals surface area contributed by atoms with E-state index in [4.69, 9.17) is 21.1 Å². The standard InChI is InChI=1S/C16H14ClN3O4S/c1-23-13-7-3-11(4-8-13)15-18-16(24-2)19-20(15)25(21,22)14-9-5-12(17)6-10-14/h3-10H,1-2H3. The number of halogens is 1. The van der Waals surface area contributed by atoms with E-state index < -0.39 is 10.0 Å². The number of methoxy groups -OCH3 is 2. The second-order valence-electron chi connectivity index (χ2n) is 4.95. The maximum atomic E-state index is 12.9. The van der Waals surface area contributed by atoms with E-state index in [2.05, 4.69) is 10.1 Å². The van der Waals surface area contributed by atoms with E-state index in [1.165, 1.54) is 31.4 Å². The molecule has 0 atom stereocenters. The lowest BCUT2D eigenvalue weighted by Crippen LogP contribution is -2.16. The Bertz CT molecular complexity index is 983. The minimum atomic E-state index is -3.97. The summed E-state index contributed by atoms with van der Waals surface area (Å²) in [6, 6.07) is 12.5. The third-order valence-corrected chi connectivity index (χ3v) is 5.26. The van der Waals surface area contributed by atoms with Gasteiger partial charge in [0.05, 0.1) is 19.1 Å². The highest BCUT2D eigenvalue weighted by Crippen LogP contribution is 2.26. The van der Waals surface area contributed by atoms with Gasteiger partial charge in [0.25, 0.3) is 10.0 Å². The Morgan fingerprint density at radius 3 is 2.16 bits per heavy atom. The highest BCUT2D eigenvalue weighted by atomic mass is 35.5. The number of hydrogen-bond donors (Lipinski definition) is 0. The van der Waals surface area contributed by atoms with Crippen molar-refractivity contribution >= 4 is 21.6 Å². The van der Waals surface area contributed by atoms with Crippen LogP contribution in [0.1, 0.15) is 0 Å². The quantitative estimate of drug-likeness (QED) is 0.677. The van der Waals surface area contributed by atoms with E-state index in [0.717, 1.165) is 4.09 Å². The predicted octanol–water partition coefficient (Wildman–Crippen LogP) is 2.85. The normalized spacial score (nSPS) is 11.3. The van der Waals surface area contributed by atoms with Crippen molar-refractivity contribution in [2.45, 2.75) is 4.90 Å². The Morgan fingerprint density at radius 1 is 0.960 bits per heavy atom. The van der Waals surface area contributed by atoms with Crippen LogP contribution in [0, 0.1) is 0 Å². The van der Waals surface area contributed by atoms with E-state index in [-0.39, 0.29) is 16.7 Å². The Labute approximate surface area is 149 Å². The molecule has 0 aliphatic rings. The van der Waals surface area contributed by atoms with Gasteiger partial charge in [-0.25, -0.2) is 0 Å². The van der Waals surface area contributed by atoms with Crippen LogP contribution in [0.4, 0.5) is 0 Å². The molecule has 0 aliphatic heterocycles. The summed E-state index contributed by atoms with van der Waals surface area (Å²) >= 11 is 5.83. The monoisotopic (exact) mass is 379 g/mol. The fourth-order valence-electron chi connectivity index (χ4n) is 2.16. The number of ether oxygens (including phenoxy) is 2. The van der Waals surface area contributed by atoms with Crippen LogP contribution >= 0.6 is 11.6 Å². The summed E-state index contributed by atoms with van der Waals surface area (Å²) in [6.45, 7) is 0. The molecule has 0 N–H and O–H groups in total. The third-order valence-electron chi connectivity index (χ3n) is 3.43. The van der Waals surface area contributed by atoms with E-state index in [0.29, 0.717) is 16.3 Å². The molecule has 9 heteroatoms. The van der Waals surface area contributed by atoms with Crippen LogP contribution in [-0.4, -0.2) is 36.8 Å². The first-order chi connectivity index (χ1) is 12.0. The molecule has 0 spiro atoms. The van der Waals surface area contributed by atoms with Crippen molar-refractivity contribution in [2.24, 2.45) is 0 Å². The molecule has 0 aliphatic carbocycles. The zero-order valence-electron chi connectivity index (χ0n) is 13.4. The highest BCUT2D eigenvalue weighted by molar-refractivity contribution is 7.90. The first kappa shape index (κ1) is 17.2. The minimum absolute atomic E-state index is 0.0409. The number of benzene rings is 2. The number of rotatable bonds is 5. The Morgan fingerprint density at radius 2 is 1.60 bits per heavy atom. The molecule has 3 aromatic rings. The maximum Gasteiger partial charge on any atom is 0.336 e. The highest BCUT2D eigenvalue weighted by Gasteiger charge is 2.25. The molecule has 130 valence electrons. The smallest absolute Gasteiger partial charge is 0.336 e. The van der Waals surface area contributed by atoms with Gasteiger partial charge in [0.15, 0.2) is 5.82 Å². The fraction of sp³-hybridized carbons (Fsp3) is 0.125. The number of hydrogen-bond acceptors (Lipinski definition) is 6. The van der Waals surface area contributed by atoms with Crippen molar-refractivity contribution in [3.63, 3.8) is 0 Å². The summed E-state index contributed by atoms with van der Waals surface area (Å²) in [4.78, 5) is 4.19. The maximum absolute atomic E-state index is 12.9. The fourth-order valence-corrected chi connectivity index (χ4v) is 3.51. The van der Waals surface area contributed by atoms with Gasteiger partial charge in [-0.2, -0.15) is 13.4 Å². The second kappa shape index (κ2) is 6.73. The van der Waals surface area contributed by atoms with Gasteiger partial charge in [-0.3, -0.25) is 0 Å². The summed E-state index contributed by atoms with van der Waals surface area (Å²) < 4.78 is 36.8. The Kier molecular flexibility index (Phi) is 4.65. The number of aromatic nitrogens is 3. The Balaban J connectivity index is 2.15. The molecule has 1 heterocycles. The zero-order chi connectivity index (χ0) is 18.0. The topological polar surface area (TPSA) is 83.3 Å². The molecule has 0 radical (unpaired) electrons. The van der Waals surface area contributed by atoms with Crippen LogP contribution in [0.25, 0.3) is 11.4 Å². The van der Waals surface area contributed by atoms with Gasteiger partial charge >= 0.3 is 6.01 Å². The van der Waals surface area contributed by atoms with Crippen molar-refractivity contribution in [1.29, 1.82) is 0 Å². The molecule has 0 fully saturated rings. The van der Waals surface area contributed by atoms with Gasteiger partial charge in [0.2, 0.25) is 0 Å². The zero-order valence-corrected chi connectivity index (χ0v) is 15.0. The van der Waals surface area contributed by atoms with Gasteiger partial charge < -0.3 is 9.47 Å². The largest absolute Gasteiger partial charge is 0.497 e. The summed E-state index contributed by atoms with van der Waals surface area (Å²) in [5.74, 6) is 0.775. The molecule has 0 amide bonds. The summed E-state index contributed by atoms with van der Waals surface area (Å²) in [5, 5.41) is 4.38. The average molecular weight is 380 g/mol. The van der Waals surface area contributed by atoms with Crippen molar-refractivity contribution in [3.05, 3.63) is 53.6 Å². The lowest BCUT2D eigenvalue weighted by molar-refractivity contribution is 0.380. The van der Waals surface area contributed by atoms with Gasteiger partial charge in [-0.05, 0) is 48.5 Å². The molecular formula is C16H14ClN3O4S.